The van der Waals surface area contributed by atoms with Gasteiger partial charge in [-0.25, -0.2) is 5.48 Å². The van der Waals surface area contributed by atoms with E-state index in [0.29, 0.717) is 38.9 Å². The maximum atomic E-state index is 13.1. The molecule has 2 aliphatic rings. The average molecular weight is 384 g/mol. The van der Waals surface area contributed by atoms with E-state index in [0.717, 1.165) is 25.9 Å². The molecule has 2 unspecified atom stereocenters. The van der Waals surface area contributed by atoms with Crippen LogP contribution in [0.4, 0.5) is 0 Å². The molecule has 9 nitrogen and oxygen atoms in total. The van der Waals surface area contributed by atoms with Crippen LogP contribution in [-0.4, -0.2) is 94.7 Å². The minimum atomic E-state index is -1.63. The zero-order valence-corrected chi connectivity index (χ0v) is 16.3. The topological polar surface area (TPSA) is 113 Å². The molecule has 0 aliphatic carbocycles. The van der Waals surface area contributed by atoms with Crippen LogP contribution in [0.5, 0.6) is 0 Å². The van der Waals surface area contributed by atoms with Crippen molar-refractivity contribution in [2.75, 3.05) is 39.8 Å². The largest absolute Gasteiger partial charge is 0.382 e. The smallest absolute Gasteiger partial charge is 0.272 e. The number of hydrogen-bond acceptors (Lipinski definition) is 6. The van der Waals surface area contributed by atoms with Crippen LogP contribution in [0.15, 0.2) is 0 Å². The molecule has 2 fully saturated rings. The number of nitrogens with zero attached hydrogens (tertiary/aromatic N) is 3. The van der Waals surface area contributed by atoms with Crippen LogP contribution in [0.1, 0.15) is 39.0 Å². The fraction of sp³-hybridized carbons (Fsp3) is 0.833. The zero-order chi connectivity index (χ0) is 20.0. The number of piperazine rings is 1. The van der Waals surface area contributed by atoms with Crippen LogP contribution in [0.3, 0.4) is 0 Å². The third-order valence-electron chi connectivity index (χ3n) is 5.58. The number of hydrogen-bond donors (Lipinski definition) is 3. The van der Waals surface area contributed by atoms with Crippen LogP contribution in [-0.2, 0) is 14.4 Å². The second-order valence-electron chi connectivity index (χ2n) is 7.49. The molecule has 3 amide bonds. The number of aliphatic hydroxyl groups excluding tert-OH is 1. The lowest BCUT2D eigenvalue weighted by molar-refractivity contribution is -0.154. The van der Waals surface area contributed by atoms with Gasteiger partial charge in [0.2, 0.25) is 11.8 Å². The molecular formula is C18H32N4O5. The maximum Gasteiger partial charge on any atom is 0.272 e. The highest BCUT2D eigenvalue weighted by Gasteiger charge is 2.42. The Hall–Kier alpha value is -1.71. The van der Waals surface area contributed by atoms with Gasteiger partial charge >= 0.3 is 0 Å². The summed E-state index contributed by atoms with van der Waals surface area (Å²) in [6.45, 7) is 5.29. The molecule has 2 rings (SSSR count). The highest BCUT2D eigenvalue weighted by Crippen LogP contribution is 2.26. The van der Waals surface area contributed by atoms with Gasteiger partial charge in [-0.2, -0.15) is 0 Å². The minimum absolute atomic E-state index is 0.0516. The number of unbranched alkanes of at least 4 members (excludes halogenated alkanes) is 1. The Bertz CT molecular complexity index is 536. The van der Waals surface area contributed by atoms with Crippen molar-refractivity contribution in [3.63, 3.8) is 0 Å². The number of rotatable bonds is 7. The lowest BCUT2D eigenvalue weighted by atomic mass is 9.93. The van der Waals surface area contributed by atoms with Crippen molar-refractivity contribution in [3.8, 4) is 0 Å². The number of likely N-dealkylation sites (N-methyl/N-ethyl adjacent to an activating group) is 1. The van der Waals surface area contributed by atoms with Gasteiger partial charge in [-0.15, -0.1) is 0 Å². The van der Waals surface area contributed by atoms with E-state index in [9.17, 15) is 19.5 Å². The third kappa shape index (κ3) is 5.18. The molecule has 2 aliphatic heterocycles. The third-order valence-corrected chi connectivity index (χ3v) is 5.58. The summed E-state index contributed by atoms with van der Waals surface area (Å²) in [5.41, 5.74) is 1.42. The first-order valence-corrected chi connectivity index (χ1v) is 9.80. The summed E-state index contributed by atoms with van der Waals surface area (Å²) in [5, 5.41) is 19.0. The molecular weight excluding hydrogens is 352 g/mol. The van der Waals surface area contributed by atoms with E-state index >= 15 is 0 Å². The fourth-order valence-corrected chi connectivity index (χ4v) is 3.83. The van der Waals surface area contributed by atoms with E-state index in [1.54, 1.807) is 4.90 Å². The minimum Gasteiger partial charge on any atom is -0.382 e. The highest BCUT2D eigenvalue weighted by atomic mass is 16.5. The Kier molecular flexibility index (Phi) is 8.00. The second kappa shape index (κ2) is 10.0. The number of amides is 3. The molecule has 2 heterocycles. The molecule has 0 spiro atoms. The number of likely N-dealkylation sites (tertiary alicyclic amines) is 1. The summed E-state index contributed by atoms with van der Waals surface area (Å²) in [7, 11) is 2.01. The van der Waals surface area contributed by atoms with Crippen molar-refractivity contribution >= 4 is 17.7 Å². The SMILES string of the molecule is CCCCC(C(=O)N1CCC[C@H]1C(=O)N1CCN(C)CC1)C(O)C(=O)NO. The van der Waals surface area contributed by atoms with Crippen LogP contribution in [0.25, 0.3) is 0 Å². The number of carbonyl (C=O) groups is 3. The van der Waals surface area contributed by atoms with Gasteiger partial charge in [0.25, 0.3) is 5.91 Å². The summed E-state index contributed by atoms with van der Waals surface area (Å²) in [4.78, 5) is 43.2. The molecule has 3 N–H and O–H groups in total. The van der Waals surface area contributed by atoms with Gasteiger partial charge in [-0.1, -0.05) is 19.8 Å². The fourth-order valence-electron chi connectivity index (χ4n) is 3.83. The predicted molar refractivity (Wildman–Crippen MR) is 97.8 cm³/mol. The molecule has 0 aromatic carbocycles. The summed E-state index contributed by atoms with van der Waals surface area (Å²) < 4.78 is 0. The van der Waals surface area contributed by atoms with E-state index in [1.807, 2.05) is 14.0 Å². The first-order chi connectivity index (χ1) is 12.9. The number of nitrogens with one attached hydrogen (secondary N) is 1. The van der Waals surface area contributed by atoms with E-state index in [4.69, 9.17) is 5.21 Å². The summed E-state index contributed by atoms with van der Waals surface area (Å²) in [5.74, 6) is -2.39. The second-order valence-corrected chi connectivity index (χ2v) is 7.49. The van der Waals surface area contributed by atoms with Gasteiger partial charge < -0.3 is 19.8 Å². The van der Waals surface area contributed by atoms with Crippen molar-refractivity contribution in [1.82, 2.24) is 20.2 Å². The molecule has 2 saturated heterocycles. The van der Waals surface area contributed by atoms with E-state index < -0.39 is 24.0 Å². The maximum absolute atomic E-state index is 13.1. The Morgan fingerprint density at radius 1 is 1.15 bits per heavy atom. The first-order valence-electron chi connectivity index (χ1n) is 9.80. The summed E-state index contributed by atoms with van der Waals surface area (Å²) >= 11 is 0. The number of carbonyl (C=O) groups excluding carboxylic acids is 3. The normalized spacial score (nSPS) is 23.2. The lowest BCUT2D eigenvalue weighted by Gasteiger charge is -2.36. The van der Waals surface area contributed by atoms with Crippen LogP contribution < -0.4 is 5.48 Å². The number of hydroxylamine groups is 1. The predicted octanol–water partition coefficient (Wildman–Crippen LogP) is -0.576. The van der Waals surface area contributed by atoms with Crippen molar-refractivity contribution in [1.29, 1.82) is 0 Å². The van der Waals surface area contributed by atoms with E-state index in [2.05, 4.69) is 4.90 Å². The molecule has 0 bridgehead atoms. The van der Waals surface area contributed by atoms with Gasteiger partial charge in [-0.3, -0.25) is 19.6 Å². The standard InChI is InChI=1S/C18H32N4O5/c1-3-4-6-13(15(23)16(24)19-27)17(25)22-8-5-7-14(22)18(26)21-11-9-20(2)10-12-21/h13-15,23,27H,3-12H2,1-2H3,(H,19,24)/t13?,14-,15?/m0/s1. The van der Waals surface area contributed by atoms with Crippen molar-refractivity contribution in [2.24, 2.45) is 5.92 Å². The quantitative estimate of drug-likeness (QED) is 0.400. The van der Waals surface area contributed by atoms with Crippen molar-refractivity contribution in [3.05, 3.63) is 0 Å². The highest BCUT2D eigenvalue weighted by molar-refractivity contribution is 5.92. The van der Waals surface area contributed by atoms with Gasteiger partial charge in [0.1, 0.15) is 12.1 Å². The Balaban J connectivity index is 2.10. The van der Waals surface area contributed by atoms with Gasteiger partial charge in [-0.05, 0) is 26.3 Å². The summed E-state index contributed by atoms with van der Waals surface area (Å²) in [6, 6.07) is -0.533. The molecule has 0 aromatic rings. The average Bonchev–Trinajstić information content (AvgIpc) is 3.17. The van der Waals surface area contributed by atoms with Crippen LogP contribution in [0, 0.1) is 5.92 Å². The monoisotopic (exact) mass is 384 g/mol. The van der Waals surface area contributed by atoms with E-state index in [-0.39, 0.29) is 11.8 Å². The Morgan fingerprint density at radius 3 is 2.41 bits per heavy atom. The van der Waals surface area contributed by atoms with Crippen molar-refractivity contribution in [2.45, 2.75) is 51.2 Å². The van der Waals surface area contributed by atoms with Gasteiger partial charge in [0.05, 0.1) is 5.92 Å². The van der Waals surface area contributed by atoms with Gasteiger partial charge in [0, 0.05) is 32.7 Å². The first kappa shape index (κ1) is 21.6. The molecule has 0 saturated carbocycles. The molecule has 0 aromatic heterocycles. The Morgan fingerprint density at radius 2 is 1.81 bits per heavy atom. The van der Waals surface area contributed by atoms with E-state index in [1.165, 1.54) is 10.4 Å². The van der Waals surface area contributed by atoms with Gasteiger partial charge in [0.15, 0.2) is 0 Å². The summed E-state index contributed by atoms with van der Waals surface area (Å²) in [6.07, 6.45) is 1.49. The van der Waals surface area contributed by atoms with Crippen LogP contribution >= 0.6 is 0 Å². The molecule has 27 heavy (non-hydrogen) atoms. The molecule has 9 heteroatoms. The molecule has 154 valence electrons. The Labute approximate surface area is 160 Å². The van der Waals surface area contributed by atoms with Crippen molar-refractivity contribution < 1.29 is 24.7 Å². The lowest BCUT2D eigenvalue weighted by Crippen LogP contribution is -2.55. The van der Waals surface area contributed by atoms with Crippen LogP contribution in [0.2, 0.25) is 0 Å². The zero-order valence-electron chi connectivity index (χ0n) is 16.3. The molecule has 3 atom stereocenters. The molecule has 0 radical (unpaired) electrons. The number of aliphatic hydroxyl groups is 1.